The summed E-state index contributed by atoms with van der Waals surface area (Å²) in [6, 6.07) is 4.34. The molecule has 2 N–H and O–H groups in total. The van der Waals surface area contributed by atoms with Crippen LogP contribution in [0.3, 0.4) is 0 Å². The number of hydrogen-bond donors (Lipinski definition) is 1. The maximum Gasteiger partial charge on any atom is 0.0819 e. The molecule has 0 aliphatic heterocycles. The highest BCUT2D eigenvalue weighted by Gasteiger charge is 2.26. The lowest BCUT2D eigenvalue weighted by atomic mass is 9.84. The van der Waals surface area contributed by atoms with E-state index < -0.39 is 0 Å². The predicted octanol–water partition coefficient (Wildman–Crippen LogP) is 3.09. The monoisotopic (exact) mass is 248 g/mol. The van der Waals surface area contributed by atoms with Gasteiger partial charge in [-0.1, -0.05) is 39.1 Å². The van der Waals surface area contributed by atoms with Crippen molar-refractivity contribution in [1.29, 1.82) is 0 Å². The van der Waals surface area contributed by atoms with E-state index in [0.29, 0.717) is 4.99 Å². The number of rotatable bonds is 1. The van der Waals surface area contributed by atoms with Crippen molar-refractivity contribution in [2.24, 2.45) is 5.73 Å². The Bertz CT molecular complexity index is 446. The third-order valence-corrected chi connectivity index (χ3v) is 3.68. The predicted molar refractivity (Wildman–Crippen MR) is 75.4 cm³/mol. The van der Waals surface area contributed by atoms with Gasteiger partial charge in [-0.3, -0.25) is 4.98 Å². The van der Waals surface area contributed by atoms with Crippen molar-refractivity contribution < 1.29 is 0 Å². The maximum absolute atomic E-state index is 5.83. The molecule has 0 bridgehead atoms. The molecule has 0 saturated carbocycles. The normalized spacial score (nSPS) is 19.8. The van der Waals surface area contributed by atoms with E-state index in [1.165, 1.54) is 5.56 Å². The Morgan fingerprint density at radius 1 is 1.41 bits per heavy atom. The standard InChI is InChI=1S/C14H20N2S/c1-14(2,3)11-8-7-9-5-4-6-10(13(15)17)12(9)16-11/h7-8,10H,4-6H2,1-3H3,(H2,15,17)/t10-/m1/s1. The van der Waals surface area contributed by atoms with Gasteiger partial charge in [0.05, 0.1) is 16.6 Å². The molecule has 2 nitrogen and oxygen atoms in total. The summed E-state index contributed by atoms with van der Waals surface area (Å²) >= 11 is 5.17. The summed E-state index contributed by atoms with van der Waals surface area (Å²) in [5.74, 6) is 0.177. The van der Waals surface area contributed by atoms with Crippen molar-refractivity contribution in [3.05, 3.63) is 29.1 Å². The minimum atomic E-state index is 0.0766. The molecule has 1 heterocycles. The minimum absolute atomic E-state index is 0.0766. The van der Waals surface area contributed by atoms with Gasteiger partial charge in [0.1, 0.15) is 0 Å². The molecule has 0 spiro atoms. The number of fused-ring (bicyclic) bond motifs is 1. The first kappa shape index (κ1) is 12.5. The fourth-order valence-electron chi connectivity index (χ4n) is 2.34. The molecule has 1 aromatic rings. The minimum Gasteiger partial charge on any atom is -0.393 e. The summed E-state index contributed by atoms with van der Waals surface area (Å²) in [5, 5.41) is 0. The summed E-state index contributed by atoms with van der Waals surface area (Å²) in [4.78, 5) is 5.41. The van der Waals surface area contributed by atoms with E-state index in [-0.39, 0.29) is 11.3 Å². The molecule has 92 valence electrons. The van der Waals surface area contributed by atoms with Crippen molar-refractivity contribution in [1.82, 2.24) is 4.98 Å². The zero-order valence-corrected chi connectivity index (χ0v) is 11.6. The van der Waals surface area contributed by atoms with E-state index in [9.17, 15) is 0 Å². The van der Waals surface area contributed by atoms with Gasteiger partial charge < -0.3 is 5.73 Å². The van der Waals surface area contributed by atoms with Crippen LogP contribution in [0, 0.1) is 0 Å². The molecule has 0 unspecified atom stereocenters. The third kappa shape index (κ3) is 2.49. The summed E-state index contributed by atoms with van der Waals surface area (Å²) < 4.78 is 0. The van der Waals surface area contributed by atoms with Gasteiger partial charge in [0.25, 0.3) is 0 Å². The van der Waals surface area contributed by atoms with Crippen LogP contribution >= 0.6 is 12.2 Å². The Morgan fingerprint density at radius 3 is 2.71 bits per heavy atom. The SMILES string of the molecule is CC(C)(C)c1ccc2c(n1)[C@H](C(N)=S)CCC2. The van der Waals surface area contributed by atoms with E-state index >= 15 is 0 Å². The molecule has 0 aromatic carbocycles. The quantitative estimate of drug-likeness (QED) is 0.776. The van der Waals surface area contributed by atoms with Crippen LogP contribution < -0.4 is 5.73 Å². The molecule has 3 heteroatoms. The topological polar surface area (TPSA) is 38.9 Å². The van der Waals surface area contributed by atoms with Crippen LogP contribution in [0.15, 0.2) is 12.1 Å². The fraction of sp³-hybridized carbons (Fsp3) is 0.571. The number of nitrogens with two attached hydrogens (primary N) is 1. The molecule has 0 saturated heterocycles. The first-order valence-electron chi connectivity index (χ1n) is 6.19. The van der Waals surface area contributed by atoms with Crippen molar-refractivity contribution in [2.45, 2.75) is 51.4 Å². The van der Waals surface area contributed by atoms with E-state index in [2.05, 4.69) is 32.9 Å². The molecule has 0 fully saturated rings. The van der Waals surface area contributed by atoms with Crippen LogP contribution in [-0.4, -0.2) is 9.97 Å². The molecule has 1 atom stereocenters. The van der Waals surface area contributed by atoms with E-state index in [4.69, 9.17) is 22.9 Å². The average Bonchev–Trinajstić information content (AvgIpc) is 2.26. The smallest absolute Gasteiger partial charge is 0.0819 e. The largest absolute Gasteiger partial charge is 0.393 e. The molecule has 1 aliphatic rings. The zero-order valence-electron chi connectivity index (χ0n) is 10.8. The molecule has 1 aliphatic carbocycles. The Morgan fingerprint density at radius 2 is 2.12 bits per heavy atom. The first-order chi connectivity index (χ1) is 7.89. The Kier molecular flexibility index (Phi) is 3.21. The van der Waals surface area contributed by atoms with Crippen LogP contribution in [0.2, 0.25) is 0 Å². The lowest BCUT2D eigenvalue weighted by Crippen LogP contribution is -2.26. The number of pyridine rings is 1. The van der Waals surface area contributed by atoms with Crippen LogP contribution in [0.5, 0.6) is 0 Å². The average molecular weight is 248 g/mol. The fourth-order valence-corrected chi connectivity index (χ4v) is 2.57. The van der Waals surface area contributed by atoms with Gasteiger partial charge in [-0.05, 0) is 30.9 Å². The van der Waals surface area contributed by atoms with Crippen molar-refractivity contribution >= 4 is 17.2 Å². The van der Waals surface area contributed by atoms with Gasteiger partial charge in [0, 0.05) is 11.1 Å². The second-order valence-corrected chi connectivity index (χ2v) is 6.31. The van der Waals surface area contributed by atoms with Crippen LogP contribution in [-0.2, 0) is 11.8 Å². The molecule has 0 radical (unpaired) electrons. The summed E-state index contributed by atoms with van der Waals surface area (Å²) in [6.45, 7) is 6.54. The second kappa shape index (κ2) is 4.37. The van der Waals surface area contributed by atoms with Crippen molar-refractivity contribution in [2.75, 3.05) is 0 Å². The Hall–Kier alpha value is -0.960. The number of aryl methyl sites for hydroxylation is 1. The number of hydrogen-bond acceptors (Lipinski definition) is 2. The molecule has 2 rings (SSSR count). The van der Waals surface area contributed by atoms with Crippen LogP contribution in [0.4, 0.5) is 0 Å². The van der Waals surface area contributed by atoms with E-state index in [1.807, 2.05) is 0 Å². The molecular formula is C14H20N2S. The van der Waals surface area contributed by atoms with Gasteiger partial charge in [0.15, 0.2) is 0 Å². The first-order valence-corrected chi connectivity index (χ1v) is 6.60. The lowest BCUT2D eigenvalue weighted by molar-refractivity contribution is 0.552. The van der Waals surface area contributed by atoms with Crippen LogP contribution in [0.25, 0.3) is 0 Å². The molecule has 17 heavy (non-hydrogen) atoms. The summed E-state index contributed by atoms with van der Waals surface area (Å²) in [5.41, 5.74) is 9.48. The molecule has 0 amide bonds. The van der Waals surface area contributed by atoms with Crippen molar-refractivity contribution in [3.8, 4) is 0 Å². The number of thiocarbonyl (C=S) groups is 1. The van der Waals surface area contributed by atoms with Gasteiger partial charge in [-0.15, -0.1) is 0 Å². The second-order valence-electron chi connectivity index (χ2n) is 5.84. The van der Waals surface area contributed by atoms with Crippen molar-refractivity contribution in [3.63, 3.8) is 0 Å². The summed E-state index contributed by atoms with van der Waals surface area (Å²) in [6.07, 6.45) is 3.31. The van der Waals surface area contributed by atoms with Gasteiger partial charge >= 0.3 is 0 Å². The highest BCUT2D eigenvalue weighted by Crippen LogP contribution is 2.32. The lowest BCUT2D eigenvalue weighted by Gasteiger charge is -2.26. The summed E-state index contributed by atoms with van der Waals surface area (Å²) in [7, 11) is 0. The maximum atomic E-state index is 5.83. The number of nitrogens with zero attached hydrogens (tertiary/aromatic N) is 1. The van der Waals surface area contributed by atoms with Gasteiger partial charge in [0.2, 0.25) is 0 Å². The molecular weight excluding hydrogens is 228 g/mol. The van der Waals surface area contributed by atoms with Gasteiger partial charge in [-0.25, -0.2) is 0 Å². The Balaban J connectivity index is 2.48. The third-order valence-electron chi connectivity index (χ3n) is 3.39. The highest BCUT2D eigenvalue weighted by atomic mass is 32.1. The van der Waals surface area contributed by atoms with Crippen LogP contribution in [0.1, 0.15) is 56.5 Å². The van der Waals surface area contributed by atoms with E-state index in [0.717, 1.165) is 30.7 Å². The molecule has 1 aromatic heterocycles. The number of aromatic nitrogens is 1. The van der Waals surface area contributed by atoms with Gasteiger partial charge in [-0.2, -0.15) is 0 Å². The zero-order chi connectivity index (χ0) is 12.6. The highest BCUT2D eigenvalue weighted by molar-refractivity contribution is 7.80. The Labute approximate surface area is 109 Å². The van der Waals surface area contributed by atoms with E-state index in [1.54, 1.807) is 0 Å².